The van der Waals surface area contributed by atoms with Crippen LogP contribution in [-0.2, 0) is 4.79 Å². The van der Waals surface area contributed by atoms with Gasteiger partial charge in [0.2, 0.25) is 5.91 Å². The van der Waals surface area contributed by atoms with E-state index in [0.29, 0.717) is 44.8 Å². The van der Waals surface area contributed by atoms with Crippen molar-refractivity contribution in [3.63, 3.8) is 0 Å². The minimum absolute atomic E-state index is 0.0316. The number of benzene rings is 2. The van der Waals surface area contributed by atoms with Crippen molar-refractivity contribution < 1.29 is 18.8 Å². The third kappa shape index (κ3) is 5.25. The van der Waals surface area contributed by atoms with Crippen LogP contribution in [0.1, 0.15) is 44.7 Å². The fourth-order valence-corrected chi connectivity index (χ4v) is 5.11. The lowest BCUT2D eigenvalue weighted by Gasteiger charge is -2.39. The predicted octanol–water partition coefficient (Wildman–Crippen LogP) is 3.93. The largest absolute Gasteiger partial charge is 0.339 e. The van der Waals surface area contributed by atoms with Gasteiger partial charge in [-0.2, -0.15) is 0 Å². The summed E-state index contributed by atoms with van der Waals surface area (Å²) in [7, 11) is 0. The van der Waals surface area contributed by atoms with Gasteiger partial charge in [0.15, 0.2) is 0 Å². The van der Waals surface area contributed by atoms with E-state index in [4.69, 9.17) is 11.6 Å². The van der Waals surface area contributed by atoms with Gasteiger partial charge in [-0.25, -0.2) is 4.39 Å². The average Bonchev–Trinajstić information content (AvgIpc) is 2.82. The summed E-state index contributed by atoms with van der Waals surface area (Å²) >= 11 is 6.04. The molecular weight excluding hydrogens is 457 g/mol. The lowest BCUT2D eigenvalue weighted by Crippen LogP contribution is -2.54. The number of piperazine rings is 1. The van der Waals surface area contributed by atoms with E-state index in [-0.39, 0.29) is 34.2 Å². The SMILES string of the molecule is Cc1cc(C)cc(C(=O)N2CCCC(C(=O)N3CCN(C(=O)c4ccc(F)cc4Cl)CC3)C2)c1. The number of aryl methyl sites for hydroxylation is 2. The van der Waals surface area contributed by atoms with E-state index in [1.54, 1.807) is 14.7 Å². The molecule has 2 aliphatic heterocycles. The molecule has 0 bridgehead atoms. The van der Waals surface area contributed by atoms with Gasteiger partial charge >= 0.3 is 0 Å². The molecule has 4 rings (SSSR count). The summed E-state index contributed by atoms with van der Waals surface area (Å²) < 4.78 is 13.3. The van der Waals surface area contributed by atoms with Crippen LogP contribution in [0.4, 0.5) is 4.39 Å². The zero-order chi connectivity index (χ0) is 24.4. The zero-order valence-electron chi connectivity index (χ0n) is 19.5. The van der Waals surface area contributed by atoms with E-state index >= 15 is 0 Å². The number of carbonyl (C=O) groups is 3. The molecule has 2 aromatic rings. The van der Waals surface area contributed by atoms with Crippen molar-refractivity contribution in [2.24, 2.45) is 5.92 Å². The maximum Gasteiger partial charge on any atom is 0.255 e. The fourth-order valence-electron chi connectivity index (χ4n) is 4.87. The summed E-state index contributed by atoms with van der Waals surface area (Å²) in [6, 6.07) is 9.55. The summed E-state index contributed by atoms with van der Waals surface area (Å²) in [5.74, 6) is -0.993. The highest BCUT2D eigenvalue weighted by Crippen LogP contribution is 2.24. The van der Waals surface area contributed by atoms with Crippen LogP contribution in [0.15, 0.2) is 36.4 Å². The molecule has 2 aliphatic rings. The van der Waals surface area contributed by atoms with Crippen LogP contribution in [-0.4, -0.2) is 71.7 Å². The highest BCUT2D eigenvalue weighted by Gasteiger charge is 2.34. The van der Waals surface area contributed by atoms with Crippen molar-refractivity contribution in [1.29, 1.82) is 0 Å². The third-order valence-electron chi connectivity index (χ3n) is 6.57. The van der Waals surface area contributed by atoms with E-state index in [9.17, 15) is 18.8 Å². The van der Waals surface area contributed by atoms with Gasteiger partial charge in [-0.05, 0) is 57.0 Å². The van der Waals surface area contributed by atoms with Crippen LogP contribution >= 0.6 is 11.6 Å². The summed E-state index contributed by atoms with van der Waals surface area (Å²) in [6.07, 6.45) is 1.54. The van der Waals surface area contributed by atoms with Gasteiger partial charge in [0, 0.05) is 44.8 Å². The number of nitrogens with zero attached hydrogens (tertiary/aromatic N) is 3. The number of likely N-dealkylation sites (tertiary alicyclic amines) is 1. The van der Waals surface area contributed by atoms with Gasteiger partial charge in [-0.3, -0.25) is 14.4 Å². The van der Waals surface area contributed by atoms with Crippen LogP contribution in [0.25, 0.3) is 0 Å². The van der Waals surface area contributed by atoms with Crippen molar-refractivity contribution >= 4 is 29.3 Å². The molecule has 1 unspecified atom stereocenters. The first-order valence-electron chi connectivity index (χ1n) is 11.6. The van der Waals surface area contributed by atoms with Gasteiger partial charge < -0.3 is 14.7 Å². The van der Waals surface area contributed by atoms with E-state index in [0.717, 1.165) is 30.0 Å². The van der Waals surface area contributed by atoms with Gasteiger partial charge in [-0.1, -0.05) is 28.8 Å². The van der Waals surface area contributed by atoms with Gasteiger partial charge in [0.05, 0.1) is 16.5 Å². The summed E-state index contributed by atoms with van der Waals surface area (Å²) in [4.78, 5) is 44.3. The number of amides is 3. The van der Waals surface area contributed by atoms with Crippen LogP contribution < -0.4 is 0 Å². The molecule has 2 aromatic carbocycles. The molecular formula is C26H29ClFN3O3. The first-order chi connectivity index (χ1) is 16.2. The maximum absolute atomic E-state index is 13.3. The second-order valence-electron chi connectivity index (χ2n) is 9.21. The zero-order valence-corrected chi connectivity index (χ0v) is 20.3. The lowest BCUT2D eigenvalue weighted by molar-refractivity contribution is -0.138. The van der Waals surface area contributed by atoms with Crippen molar-refractivity contribution in [1.82, 2.24) is 14.7 Å². The number of carbonyl (C=O) groups excluding carboxylic acids is 3. The van der Waals surface area contributed by atoms with Crippen LogP contribution in [0.5, 0.6) is 0 Å². The van der Waals surface area contributed by atoms with Gasteiger partial charge in [0.1, 0.15) is 5.82 Å². The van der Waals surface area contributed by atoms with Gasteiger partial charge in [-0.15, -0.1) is 0 Å². The van der Waals surface area contributed by atoms with E-state index < -0.39 is 5.82 Å². The molecule has 1 atom stereocenters. The van der Waals surface area contributed by atoms with Crippen LogP contribution in [0, 0.1) is 25.6 Å². The number of halogens is 2. The Labute approximate surface area is 204 Å². The number of piperidine rings is 1. The second-order valence-corrected chi connectivity index (χ2v) is 9.62. The smallest absolute Gasteiger partial charge is 0.255 e. The molecule has 3 amide bonds. The first-order valence-corrected chi connectivity index (χ1v) is 12.0. The number of hydrogen-bond acceptors (Lipinski definition) is 3. The normalized spacial score (nSPS) is 18.7. The molecule has 180 valence electrons. The van der Waals surface area contributed by atoms with Gasteiger partial charge in [0.25, 0.3) is 11.8 Å². The van der Waals surface area contributed by atoms with Crippen LogP contribution in [0.3, 0.4) is 0 Å². The molecule has 0 aliphatic carbocycles. The minimum atomic E-state index is -0.491. The second kappa shape index (κ2) is 10.1. The Balaban J connectivity index is 1.35. The molecule has 0 spiro atoms. The molecule has 34 heavy (non-hydrogen) atoms. The highest BCUT2D eigenvalue weighted by atomic mass is 35.5. The highest BCUT2D eigenvalue weighted by molar-refractivity contribution is 6.33. The molecule has 2 fully saturated rings. The Hall–Kier alpha value is -2.93. The van der Waals surface area contributed by atoms with E-state index in [1.165, 1.54) is 12.1 Å². The van der Waals surface area contributed by atoms with E-state index in [1.807, 2.05) is 32.0 Å². The molecule has 0 saturated carbocycles. The Morgan fingerprint density at radius 1 is 0.853 bits per heavy atom. The molecule has 0 N–H and O–H groups in total. The summed E-state index contributed by atoms with van der Waals surface area (Å²) in [5, 5.41) is 0.0827. The molecule has 6 nitrogen and oxygen atoms in total. The third-order valence-corrected chi connectivity index (χ3v) is 6.88. The van der Waals surface area contributed by atoms with Crippen molar-refractivity contribution in [3.05, 3.63) is 69.5 Å². The van der Waals surface area contributed by atoms with Crippen molar-refractivity contribution in [3.8, 4) is 0 Å². The topological polar surface area (TPSA) is 60.9 Å². The predicted molar refractivity (Wildman–Crippen MR) is 128 cm³/mol. The van der Waals surface area contributed by atoms with Crippen LogP contribution in [0.2, 0.25) is 5.02 Å². The number of hydrogen-bond donors (Lipinski definition) is 0. The molecule has 0 aromatic heterocycles. The Kier molecular flexibility index (Phi) is 7.22. The summed E-state index contributed by atoms with van der Waals surface area (Å²) in [5.41, 5.74) is 3.01. The minimum Gasteiger partial charge on any atom is -0.339 e. The quantitative estimate of drug-likeness (QED) is 0.661. The Morgan fingerprint density at radius 2 is 1.50 bits per heavy atom. The standard InChI is InChI=1S/C26H29ClFN3O3/c1-17-12-18(2)14-20(13-17)25(33)31-7-3-4-19(16-31)24(32)29-8-10-30(11-9-29)26(34)22-6-5-21(28)15-23(22)27/h5-6,12-15,19H,3-4,7-11,16H2,1-2H3. The molecule has 0 radical (unpaired) electrons. The Morgan fingerprint density at radius 3 is 2.15 bits per heavy atom. The molecule has 8 heteroatoms. The van der Waals surface area contributed by atoms with E-state index in [2.05, 4.69) is 0 Å². The maximum atomic E-state index is 13.3. The van der Waals surface area contributed by atoms with Crippen molar-refractivity contribution in [2.45, 2.75) is 26.7 Å². The van der Waals surface area contributed by atoms with Crippen molar-refractivity contribution in [2.75, 3.05) is 39.3 Å². The molecule has 2 heterocycles. The number of rotatable bonds is 3. The lowest BCUT2D eigenvalue weighted by atomic mass is 9.95. The summed E-state index contributed by atoms with van der Waals surface area (Å²) in [6.45, 7) is 6.62. The Bertz CT molecular complexity index is 1090. The average molecular weight is 486 g/mol. The molecule has 2 saturated heterocycles. The fraction of sp³-hybridized carbons (Fsp3) is 0.423. The monoisotopic (exact) mass is 485 g/mol. The first kappa shape index (κ1) is 24.2.